The van der Waals surface area contributed by atoms with Gasteiger partial charge in [-0.15, -0.1) is 0 Å². The molecule has 4 heteroatoms. The third-order valence-corrected chi connectivity index (χ3v) is 2.41. The van der Waals surface area contributed by atoms with E-state index in [1.165, 1.54) is 0 Å². The predicted octanol–water partition coefficient (Wildman–Crippen LogP) is 2.56. The molecule has 64 valence electrons. The molecule has 0 fully saturated rings. The van der Waals surface area contributed by atoms with Crippen molar-refractivity contribution in [2.45, 2.75) is 4.83 Å². The van der Waals surface area contributed by atoms with Crippen LogP contribution in [0.4, 0.5) is 5.69 Å². The van der Waals surface area contributed by atoms with Crippen LogP contribution in [0.3, 0.4) is 0 Å². The SMILES string of the molecule is Nc1cc(Cl)ccc1C(Br)C=O. The van der Waals surface area contributed by atoms with Crippen molar-refractivity contribution in [1.82, 2.24) is 0 Å². The Morgan fingerprint density at radius 2 is 2.25 bits per heavy atom. The van der Waals surface area contributed by atoms with Gasteiger partial charge in [-0.05, 0) is 17.7 Å². The summed E-state index contributed by atoms with van der Waals surface area (Å²) in [7, 11) is 0. The fourth-order valence-electron chi connectivity index (χ4n) is 0.870. The lowest BCUT2D eigenvalue weighted by atomic mass is 10.1. The maximum atomic E-state index is 10.4. The zero-order valence-corrected chi connectivity index (χ0v) is 8.47. The van der Waals surface area contributed by atoms with Gasteiger partial charge >= 0.3 is 0 Å². The van der Waals surface area contributed by atoms with E-state index in [4.69, 9.17) is 17.3 Å². The van der Waals surface area contributed by atoms with Gasteiger partial charge in [-0.25, -0.2) is 0 Å². The van der Waals surface area contributed by atoms with Crippen LogP contribution in [0.25, 0.3) is 0 Å². The third-order valence-electron chi connectivity index (χ3n) is 1.47. The summed E-state index contributed by atoms with van der Waals surface area (Å²) in [5, 5.41) is 0.571. The molecule has 0 saturated heterocycles. The normalized spacial score (nSPS) is 12.5. The summed E-state index contributed by atoms with van der Waals surface area (Å²) in [5.74, 6) is 0. The molecule has 0 bridgehead atoms. The maximum Gasteiger partial charge on any atom is 0.138 e. The second kappa shape index (κ2) is 3.92. The van der Waals surface area contributed by atoms with Gasteiger partial charge in [0.1, 0.15) is 6.29 Å². The van der Waals surface area contributed by atoms with Crippen molar-refractivity contribution in [2.24, 2.45) is 0 Å². The zero-order valence-electron chi connectivity index (χ0n) is 6.13. The van der Waals surface area contributed by atoms with Crippen LogP contribution in [-0.4, -0.2) is 6.29 Å². The molecular formula is C8H7BrClNO. The number of aldehydes is 1. The first-order valence-electron chi connectivity index (χ1n) is 3.29. The average molecular weight is 249 g/mol. The second-order valence-electron chi connectivity index (χ2n) is 2.31. The van der Waals surface area contributed by atoms with Crippen molar-refractivity contribution in [3.63, 3.8) is 0 Å². The van der Waals surface area contributed by atoms with Gasteiger partial charge in [-0.1, -0.05) is 33.6 Å². The molecular weight excluding hydrogens is 241 g/mol. The van der Waals surface area contributed by atoms with Crippen LogP contribution in [0.15, 0.2) is 18.2 Å². The monoisotopic (exact) mass is 247 g/mol. The largest absolute Gasteiger partial charge is 0.398 e. The summed E-state index contributed by atoms with van der Waals surface area (Å²) in [6.45, 7) is 0. The molecule has 1 unspecified atom stereocenters. The number of benzene rings is 1. The standard InChI is InChI=1S/C8H7BrClNO/c9-7(4-12)6-2-1-5(10)3-8(6)11/h1-4,7H,11H2. The van der Waals surface area contributed by atoms with Crippen molar-refractivity contribution >= 4 is 39.5 Å². The van der Waals surface area contributed by atoms with Crippen LogP contribution in [0.1, 0.15) is 10.4 Å². The lowest BCUT2D eigenvalue weighted by molar-refractivity contribution is -0.107. The van der Waals surface area contributed by atoms with Gasteiger partial charge in [0, 0.05) is 10.7 Å². The topological polar surface area (TPSA) is 43.1 Å². The number of nitrogens with two attached hydrogens (primary N) is 1. The van der Waals surface area contributed by atoms with E-state index in [0.717, 1.165) is 11.8 Å². The van der Waals surface area contributed by atoms with Crippen LogP contribution in [-0.2, 0) is 4.79 Å². The predicted molar refractivity (Wildman–Crippen MR) is 53.6 cm³/mol. The highest BCUT2D eigenvalue weighted by atomic mass is 79.9. The highest BCUT2D eigenvalue weighted by Crippen LogP contribution is 2.27. The maximum absolute atomic E-state index is 10.4. The molecule has 2 nitrogen and oxygen atoms in total. The number of nitrogen functional groups attached to an aromatic ring is 1. The Bertz CT molecular complexity index is 303. The highest BCUT2D eigenvalue weighted by Gasteiger charge is 2.08. The molecule has 0 amide bonds. The van der Waals surface area contributed by atoms with E-state index in [2.05, 4.69) is 15.9 Å². The van der Waals surface area contributed by atoms with Crippen molar-refractivity contribution < 1.29 is 4.79 Å². The van der Waals surface area contributed by atoms with Crippen LogP contribution in [0.5, 0.6) is 0 Å². The summed E-state index contributed by atoms with van der Waals surface area (Å²) < 4.78 is 0. The van der Waals surface area contributed by atoms with Crippen molar-refractivity contribution in [3.05, 3.63) is 28.8 Å². The Labute approximate surface area is 83.8 Å². The van der Waals surface area contributed by atoms with E-state index >= 15 is 0 Å². The Kier molecular flexibility index (Phi) is 3.12. The molecule has 1 aromatic rings. The number of carbonyl (C=O) groups is 1. The van der Waals surface area contributed by atoms with E-state index < -0.39 is 0 Å². The summed E-state index contributed by atoms with van der Waals surface area (Å²) >= 11 is 8.85. The van der Waals surface area contributed by atoms with Crippen LogP contribution >= 0.6 is 27.5 Å². The molecule has 1 atom stereocenters. The summed E-state index contributed by atoms with van der Waals surface area (Å²) in [6, 6.07) is 5.05. The number of alkyl halides is 1. The second-order valence-corrected chi connectivity index (χ2v) is 3.73. The average Bonchev–Trinajstić information content (AvgIpc) is 2.03. The van der Waals surface area contributed by atoms with Gasteiger partial charge in [0.15, 0.2) is 0 Å². The number of rotatable bonds is 2. The minimum absolute atomic E-state index is 0.352. The number of halogens is 2. The third kappa shape index (κ3) is 1.99. The van der Waals surface area contributed by atoms with Gasteiger partial charge in [0.25, 0.3) is 0 Å². The highest BCUT2D eigenvalue weighted by molar-refractivity contribution is 9.09. The van der Waals surface area contributed by atoms with Gasteiger partial charge in [-0.3, -0.25) is 0 Å². The fourth-order valence-corrected chi connectivity index (χ4v) is 1.47. The minimum atomic E-state index is -0.352. The Morgan fingerprint density at radius 1 is 1.58 bits per heavy atom. The van der Waals surface area contributed by atoms with E-state index in [9.17, 15) is 4.79 Å². The molecule has 0 saturated carbocycles. The molecule has 1 rings (SSSR count). The zero-order chi connectivity index (χ0) is 9.14. The first-order chi connectivity index (χ1) is 5.65. The van der Waals surface area contributed by atoms with Crippen LogP contribution in [0, 0.1) is 0 Å². The molecule has 0 heterocycles. The first-order valence-corrected chi connectivity index (χ1v) is 4.59. The molecule has 0 radical (unpaired) electrons. The molecule has 0 aliphatic heterocycles. The van der Waals surface area contributed by atoms with Crippen LogP contribution in [0.2, 0.25) is 5.02 Å². The smallest absolute Gasteiger partial charge is 0.138 e. The van der Waals surface area contributed by atoms with Gasteiger partial charge in [0.2, 0.25) is 0 Å². The van der Waals surface area contributed by atoms with Crippen LogP contribution < -0.4 is 5.73 Å². The molecule has 0 spiro atoms. The van der Waals surface area contributed by atoms with Gasteiger partial charge in [0.05, 0.1) is 4.83 Å². The number of hydrogen-bond acceptors (Lipinski definition) is 2. The number of hydrogen-bond donors (Lipinski definition) is 1. The quantitative estimate of drug-likeness (QED) is 0.496. The van der Waals surface area contributed by atoms with E-state index in [0.29, 0.717) is 10.7 Å². The van der Waals surface area contributed by atoms with E-state index in [1.807, 2.05) is 0 Å². The Hall–Kier alpha value is -0.540. The summed E-state index contributed by atoms with van der Waals surface area (Å²) in [6.07, 6.45) is 0.777. The molecule has 1 aromatic carbocycles. The molecule has 2 N–H and O–H groups in total. The molecule has 0 aliphatic carbocycles. The van der Waals surface area contributed by atoms with Gasteiger partial charge < -0.3 is 10.5 Å². The Balaban J connectivity index is 3.09. The minimum Gasteiger partial charge on any atom is -0.398 e. The molecule has 0 aromatic heterocycles. The lowest BCUT2D eigenvalue weighted by Gasteiger charge is -2.06. The number of anilines is 1. The summed E-state index contributed by atoms with van der Waals surface area (Å²) in [4.78, 5) is 10.1. The summed E-state index contributed by atoms with van der Waals surface area (Å²) in [5.41, 5.74) is 6.89. The molecule has 12 heavy (non-hydrogen) atoms. The van der Waals surface area contributed by atoms with E-state index in [1.54, 1.807) is 18.2 Å². The lowest BCUT2D eigenvalue weighted by Crippen LogP contribution is -1.97. The Morgan fingerprint density at radius 3 is 2.75 bits per heavy atom. The van der Waals surface area contributed by atoms with Crippen molar-refractivity contribution in [3.8, 4) is 0 Å². The van der Waals surface area contributed by atoms with Crippen molar-refractivity contribution in [1.29, 1.82) is 0 Å². The number of carbonyl (C=O) groups excluding carboxylic acids is 1. The first kappa shape index (κ1) is 9.55. The van der Waals surface area contributed by atoms with E-state index in [-0.39, 0.29) is 4.83 Å². The van der Waals surface area contributed by atoms with Gasteiger partial charge in [-0.2, -0.15) is 0 Å². The molecule has 0 aliphatic rings. The van der Waals surface area contributed by atoms with Crippen molar-refractivity contribution in [2.75, 3.05) is 5.73 Å². The fraction of sp³-hybridized carbons (Fsp3) is 0.125.